The Morgan fingerprint density at radius 3 is 3.00 bits per heavy atom. The zero-order chi connectivity index (χ0) is 14.0. The second-order valence-electron chi connectivity index (χ2n) is 4.26. The third kappa shape index (κ3) is 2.74. The van der Waals surface area contributed by atoms with Gasteiger partial charge in [0.2, 0.25) is 0 Å². The second-order valence-corrected chi connectivity index (χ2v) is 4.96. The third-order valence-electron chi connectivity index (χ3n) is 2.76. The molecule has 0 spiro atoms. The predicted octanol–water partition coefficient (Wildman–Crippen LogP) is 2.12. The lowest BCUT2D eigenvalue weighted by atomic mass is 10.1. The molecule has 1 heterocycles. The number of carbonyl (C=O) groups excluding carboxylic acids is 1. The first kappa shape index (κ1) is 13.5. The molecular weight excluding hydrogens is 265 g/mol. The van der Waals surface area contributed by atoms with Crippen LogP contribution in [0.25, 0.3) is 0 Å². The molecule has 1 amide bonds. The lowest BCUT2D eigenvalue weighted by Crippen LogP contribution is -2.39. The first-order valence-corrected chi connectivity index (χ1v) is 6.12. The fourth-order valence-corrected chi connectivity index (χ4v) is 2.09. The number of hydrogen-bond donors (Lipinski definition) is 0. The first-order chi connectivity index (χ1) is 9.02. The zero-order valence-electron chi connectivity index (χ0n) is 10.4. The van der Waals surface area contributed by atoms with Gasteiger partial charge in [0.1, 0.15) is 11.6 Å². The lowest BCUT2D eigenvalue weighted by Gasteiger charge is -2.28. The SMILES string of the molecule is C#CCN1C(=O)COc2cc(F)c(CC(C)=S)cc21. The number of carbonyl (C=O) groups is 1. The fourth-order valence-electron chi connectivity index (χ4n) is 1.93. The lowest BCUT2D eigenvalue weighted by molar-refractivity contribution is -0.121. The van der Waals surface area contributed by atoms with E-state index in [1.54, 1.807) is 13.0 Å². The van der Waals surface area contributed by atoms with Gasteiger partial charge in [-0.1, -0.05) is 18.1 Å². The summed E-state index contributed by atoms with van der Waals surface area (Å²) in [6.07, 6.45) is 5.59. The van der Waals surface area contributed by atoms with E-state index in [0.717, 1.165) is 0 Å². The van der Waals surface area contributed by atoms with Crippen molar-refractivity contribution in [2.24, 2.45) is 0 Å². The molecule has 0 aliphatic carbocycles. The molecule has 1 aromatic rings. The van der Waals surface area contributed by atoms with Crippen molar-refractivity contribution in [1.29, 1.82) is 0 Å². The van der Waals surface area contributed by atoms with E-state index < -0.39 is 5.82 Å². The minimum atomic E-state index is -0.391. The highest BCUT2D eigenvalue weighted by Crippen LogP contribution is 2.34. The monoisotopic (exact) mass is 277 g/mol. The van der Waals surface area contributed by atoms with E-state index in [1.807, 2.05) is 0 Å². The first-order valence-electron chi connectivity index (χ1n) is 5.71. The molecule has 0 radical (unpaired) electrons. The van der Waals surface area contributed by atoms with E-state index in [4.69, 9.17) is 23.4 Å². The number of benzene rings is 1. The van der Waals surface area contributed by atoms with Gasteiger partial charge in [0.25, 0.3) is 5.91 Å². The van der Waals surface area contributed by atoms with Crippen LogP contribution in [-0.2, 0) is 11.2 Å². The van der Waals surface area contributed by atoms with E-state index in [-0.39, 0.29) is 19.1 Å². The molecule has 0 fully saturated rings. The topological polar surface area (TPSA) is 29.5 Å². The maximum absolute atomic E-state index is 13.9. The molecule has 1 aliphatic heterocycles. The van der Waals surface area contributed by atoms with Crippen molar-refractivity contribution in [3.8, 4) is 18.1 Å². The minimum absolute atomic E-state index is 0.125. The van der Waals surface area contributed by atoms with Crippen LogP contribution in [0, 0.1) is 18.2 Å². The molecule has 0 unspecified atom stereocenters. The number of thiocarbonyl (C=S) groups is 1. The zero-order valence-corrected chi connectivity index (χ0v) is 11.2. The maximum Gasteiger partial charge on any atom is 0.265 e. The van der Waals surface area contributed by atoms with Crippen LogP contribution in [0.15, 0.2) is 12.1 Å². The van der Waals surface area contributed by atoms with Crippen LogP contribution in [-0.4, -0.2) is 23.9 Å². The number of nitrogens with zero attached hydrogens (tertiary/aromatic N) is 1. The van der Waals surface area contributed by atoms with Gasteiger partial charge in [-0.25, -0.2) is 4.39 Å². The smallest absolute Gasteiger partial charge is 0.265 e. The Kier molecular flexibility index (Phi) is 3.82. The Hall–Kier alpha value is -1.93. The van der Waals surface area contributed by atoms with Gasteiger partial charge in [-0.2, -0.15) is 0 Å². The van der Waals surface area contributed by atoms with Gasteiger partial charge in [0, 0.05) is 12.5 Å². The van der Waals surface area contributed by atoms with Gasteiger partial charge >= 0.3 is 0 Å². The summed E-state index contributed by atoms with van der Waals surface area (Å²) in [6, 6.07) is 2.85. The molecule has 2 rings (SSSR count). The number of rotatable bonds is 3. The van der Waals surface area contributed by atoms with Crippen LogP contribution in [0.1, 0.15) is 12.5 Å². The standard InChI is InChI=1S/C14H12FNO2S/c1-3-4-16-12-6-10(5-9(2)19)11(15)7-13(12)18-8-14(16)17/h1,6-7H,4-5,8H2,2H3. The van der Waals surface area contributed by atoms with Crippen LogP contribution < -0.4 is 9.64 Å². The summed E-state index contributed by atoms with van der Waals surface area (Å²) in [4.78, 5) is 13.8. The van der Waals surface area contributed by atoms with Crippen molar-refractivity contribution in [2.45, 2.75) is 13.3 Å². The van der Waals surface area contributed by atoms with Gasteiger partial charge in [-0.3, -0.25) is 9.69 Å². The molecule has 1 aliphatic rings. The van der Waals surface area contributed by atoms with Crippen LogP contribution in [0.2, 0.25) is 0 Å². The van der Waals surface area contributed by atoms with Crippen LogP contribution in [0.3, 0.4) is 0 Å². The number of anilines is 1. The highest BCUT2D eigenvalue weighted by Gasteiger charge is 2.26. The summed E-state index contributed by atoms with van der Waals surface area (Å²) in [5, 5.41) is 0. The van der Waals surface area contributed by atoms with Gasteiger partial charge in [-0.15, -0.1) is 6.42 Å². The van der Waals surface area contributed by atoms with E-state index >= 15 is 0 Å². The number of ether oxygens (including phenoxy) is 1. The molecule has 0 saturated heterocycles. The second kappa shape index (κ2) is 5.37. The number of halogens is 1. The third-order valence-corrected chi connectivity index (χ3v) is 2.90. The van der Waals surface area contributed by atoms with Gasteiger partial charge < -0.3 is 4.74 Å². The quantitative estimate of drug-likeness (QED) is 0.626. The minimum Gasteiger partial charge on any atom is -0.481 e. The predicted molar refractivity (Wildman–Crippen MR) is 75.1 cm³/mol. The Labute approximate surface area is 116 Å². The Balaban J connectivity index is 2.47. The van der Waals surface area contributed by atoms with Gasteiger partial charge in [0.15, 0.2) is 6.61 Å². The number of hydrogen-bond acceptors (Lipinski definition) is 3. The Bertz CT molecular complexity index is 592. The van der Waals surface area contributed by atoms with Crippen molar-refractivity contribution in [2.75, 3.05) is 18.1 Å². The Morgan fingerprint density at radius 2 is 2.37 bits per heavy atom. The molecule has 98 valence electrons. The van der Waals surface area contributed by atoms with Crippen molar-refractivity contribution in [3.63, 3.8) is 0 Å². The summed E-state index contributed by atoms with van der Waals surface area (Å²) in [5.74, 6) is 2.12. The van der Waals surface area contributed by atoms with Crippen molar-refractivity contribution in [3.05, 3.63) is 23.5 Å². The van der Waals surface area contributed by atoms with Gasteiger partial charge in [-0.05, 0) is 23.4 Å². The number of amides is 1. The molecule has 0 atom stereocenters. The molecular formula is C14H12FNO2S. The molecule has 1 aromatic carbocycles. The largest absolute Gasteiger partial charge is 0.481 e. The Morgan fingerprint density at radius 1 is 1.63 bits per heavy atom. The highest BCUT2D eigenvalue weighted by atomic mass is 32.1. The average Bonchev–Trinajstić information content (AvgIpc) is 2.34. The normalized spacial score (nSPS) is 13.5. The highest BCUT2D eigenvalue weighted by molar-refractivity contribution is 7.80. The van der Waals surface area contributed by atoms with Crippen LogP contribution in [0.4, 0.5) is 10.1 Å². The van der Waals surface area contributed by atoms with E-state index in [2.05, 4.69) is 5.92 Å². The number of terminal acetylenes is 1. The van der Waals surface area contributed by atoms with E-state index in [9.17, 15) is 9.18 Å². The summed E-state index contributed by atoms with van der Waals surface area (Å²) in [7, 11) is 0. The van der Waals surface area contributed by atoms with Crippen LogP contribution >= 0.6 is 12.2 Å². The van der Waals surface area contributed by atoms with E-state index in [0.29, 0.717) is 28.3 Å². The molecule has 5 heteroatoms. The summed E-state index contributed by atoms with van der Waals surface area (Å²) in [6.45, 7) is 1.76. The molecule has 0 saturated carbocycles. The molecule has 3 nitrogen and oxygen atoms in total. The van der Waals surface area contributed by atoms with Gasteiger partial charge in [0.05, 0.1) is 12.2 Å². The summed E-state index contributed by atoms with van der Waals surface area (Å²) in [5.41, 5.74) is 0.938. The summed E-state index contributed by atoms with van der Waals surface area (Å²) >= 11 is 4.98. The molecule has 0 bridgehead atoms. The maximum atomic E-state index is 13.9. The van der Waals surface area contributed by atoms with Crippen molar-refractivity contribution < 1.29 is 13.9 Å². The molecule has 0 N–H and O–H groups in total. The average molecular weight is 277 g/mol. The van der Waals surface area contributed by atoms with Crippen LogP contribution in [0.5, 0.6) is 5.75 Å². The molecule has 19 heavy (non-hydrogen) atoms. The fraction of sp³-hybridized carbons (Fsp3) is 0.286. The molecule has 0 aromatic heterocycles. The summed E-state index contributed by atoms with van der Waals surface area (Å²) < 4.78 is 19.1. The van der Waals surface area contributed by atoms with E-state index in [1.165, 1.54) is 11.0 Å². The van der Waals surface area contributed by atoms with Crippen molar-refractivity contribution >= 4 is 28.7 Å². The number of fused-ring (bicyclic) bond motifs is 1. The van der Waals surface area contributed by atoms with Crippen molar-refractivity contribution in [1.82, 2.24) is 0 Å².